The van der Waals surface area contributed by atoms with Crippen LogP contribution in [-0.4, -0.2) is 17.3 Å². The zero-order chi connectivity index (χ0) is 9.97. The number of ether oxygens (including phenoxy) is 1. The molecule has 0 aliphatic rings. The molecule has 0 aliphatic carbocycles. The Morgan fingerprint density at radius 2 is 2.14 bits per heavy atom. The Balaban J connectivity index is 2.50. The Morgan fingerprint density at radius 1 is 1.36 bits per heavy atom. The van der Waals surface area contributed by atoms with E-state index in [4.69, 9.17) is 10.5 Å². The first-order valence-electron chi connectivity index (χ1n) is 4.04. The first kappa shape index (κ1) is 8.55. The van der Waals surface area contributed by atoms with Gasteiger partial charge in [0, 0.05) is 0 Å². The number of methoxy groups -OCH3 is 1. The highest BCUT2D eigenvalue weighted by Crippen LogP contribution is 2.27. The average Bonchev–Trinajstić information content (AvgIpc) is 2.65. The molecular weight excluding hydrogens is 182 g/mol. The van der Waals surface area contributed by atoms with Crippen molar-refractivity contribution in [3.63, 3.8) is 0 Å². The van der Waals surface area contributed by atoms with Crippen LogP contribution in [0.1, 0.15) is 0 Å². The normalized spacial score (nSPS) is 10.1. The van der Waals surface area contributed by atoms with Gasteiger partial charge in [-0.05, 0) is 12.1 Å². The number of aromatic nitrogens is 2. The number of nitrogens with two attached hydrogens (primary N) is 1. The number of hydrogen-bond donors (Lipinski definition) is 1. The fourth-order valence-electron chi connectivity index (χ4n) is 1.17. The smallest absolute Gasteiger partial charge is 0.319 e. The van der Waals surface area contributed by atoms with Gasteiger partial charge in [0.25, 0.3) is 0 Å². The van der Waals surface area contributed by atoms with Crippen LogP contribution >= 0.6 is 0 Å². The molecule has 5 nitrogen and oxygen atoms in total. The minimum absolute atomic E-state index is 0.0471. The standard InChI is InChI=1S/C9H9N3O2/c1-13-7-5-3-2-4-6(7)8-11-9(10)14-12-8/h2-5H,1H3,(H2,10,11,12). The van der Waals surface area contributed by atoms with Crippen LogP contribution in [0.2, 0.25) is 0 Å². The molecule has 2 rings (SSSR count). The summed E-state index contributed by atoms with van der Waals surface area (Å²) in [7, 11) is 1.59. The van der Waals surface area contributed by atoms with E-state index in [0.29, 0.717) is 11.6 Å². The second kappa shape index (κ2) is 3.37. The maximum absolute atomic E-state index is 5.33. The van der Waals surface area contributed by atoms with E-state index in [1.54, 1.807) is 7.11 Å². The van der Waals surface area contributed by atoms with E-state index in [1.807, 2.05) is 24.3 Å². The first-order chi connectivity index (χ1) is 6.81. The summed E-state index contributed by atoms with van der Waals surface area (Å²) >= 11 is 0. The number of hydrogen-bond acceptors (Lipinski definition) is 5. The topological polar surface area (TPSA) is 74.2 Å². The largest absolute Gasteiger partial charge is 0.496 e. The molecule has 1 aromatic carbocycles. The maximum atomic E-state index is 5.33. The van der Waals surface area contributed by atoms with Crippen LogP contribution in [0.15, 0.2) is 28.8 Å². The van der Waals surface area contributed by atoms with Crippen LogP contribution in [0.3, 0.4) is 0 Å². The lowest BCUT2D eigenvalue weighted by Crippen LogP contribution is -1.89. The average molecular weight is 191 g/mol. The van der Waals surface area contributed by atoms with Gasteiger partial charge in [-0.25, -0.2) is 0 Å². The van der Waals surface area contributed by atoms with E-state index in [1.165, 1.54) is 0 Å². The van der Waals surface area contributed by atoms with Crippen LogP contribution in [0.25, 0.3) is 11.4 Å². The van der Waals surface area contributed by atoms with Gasteiger partial charge >= 0.3 is 6.01 Å². The number of benzene rings is 1. The Morgan fingerprint density at radius 3 is 2.79 bits per heavy atom. The van der Waals surface area contributed by atoms with Crippen molar-refractivity contribution < 1.29 is 9.26 Å². The summed E-state index contributed by atoms with van der Waals surface area (Å²) in [5, 5.41) is 3.70. The third-order valence-corrected chi connectivity index (χ3v) is 1.79. The lowest BCUT2D eigenvalue weighted by Gasteiger charge is -2.02. The molecule has 1 aromatic heterocycles. The van der Waals surface area contributed by atoms with Crippen LogP contribution in [-0.2, 0) is 0 Å². The van der Waals surface area contributed by atoms with Crippen molar-refractivity contribution in [3.8, 4) is 17.1 Å². The minimum Gasteiger partial charge on any atom is -0.496 e. The molecule has 0 radical (unpaired) electrons. The number of nitrogens with zero attached hydrogens (tertiary/aromatic N) is 2. The van der Waals surface area contributed by atoms with Crippen LogP contribution in [0, 0.1) is 0 Å². The highest BCUT2D eigenvalue weighted by molar-refractivity contribution is 5.63. The molecule has 0 amide bonds. The third kappa shape index (κ3) is 1.39. The summed E-state index contributed by atoms with van der Waals surface area (Å²) in [6.07, 6.45) is 0. The minimum atomic E-state index is 0.0471. The van der Waals surface area contributed by atoms with Crippen molar-refractivity contribution in [1.29, 1.82) is 0 Å². The molecule has 0 bridgehead atoms. The second-order valence-electron chi connectivity index (χ2n) is 2.66. The third-order valence-electron chi connectivity index (χ3n) is 1.79. The summed E-state index contributed by atoms with van der Waals surface area (Å²) in [5.74, 6) is 1.12. The molecule has 14 heavy (non-hydrogen) atoms. The Kier molecular flexibility index (Phi) is 2.06. The fraction of sp³-hybridized carbons (Fsp3) is 0.111. The predicted molar refractivity (Wildman–Crippen MR) is 50.7 cm³/mol. The van der Waals surface area contributed by atoms with Crippen molar-refractivity contribution in [2.75, 3.05) is 12.8 Å². The van der Waals surface area contributed by atoms with E-state index in [-0.39, 0.29) is 6.01 Å². The van der Waals surface area contributed by atoms with Crippen LogP contribution in [0.4, 0.5) is 6.01 Å². The predicted octanol–water partition coefficient (Wildman–Crippen LogP) is 1.33. The first-order valence-corrected chi connectivity index (χ1v) is 4.04. The number of rotatable bonds is 2. The molecule has 0 spiro atoms. The zero-order valence-electron chi connectivity index (χ0n) is 7.60. The molecule has 0 unspecified atom stereocenters. The van der Waals surface area contributed by atoms with Gasteiger partial charge in [0.15, 0.2) is 0 Å². The lowest BCUT2D eigenvalue weighted by molar-refractivity contribution is 0.414. The highest BCUT2D eigenvalue weighted by atomic mass is 16.5. The SMILES string of the molecule is COc1ccccc1-c1noc(N)n1. The molecule has 0 saturated heterocycles. The van der Waals surface area contributed by atoms with Gasteiger partial charge in [-0.15, -0.1) is 0 Å². The van der Waals surface area contributed by atoms with Crippen LogP contribution < -0.4 is 10.5 Å². The summed E-state index contributed by atoms with van der Waals surface area (Å²) in [4.78, 5) is 3.91. The lowest BCUT2D eigenvalue weighted by atomic mass is 10.2. The van der Waals surface area contributed by atoms with Crippen molar-refractivity contribution >= 4 is 6.01 Å². The molecule has 0 atom stereocenters. The second-order valence-corrected chi connectivity index (χ2v) is 2.66. The molecule has 2 N–H and O–H groups in total. The molecule has 2 aromatic rings. The Bertz CT molecular complexity index is 439. The quantitative estimate of drug-likeness (QED) is 0.775. The molecule has 72 valence electrons. The number of anilines is 1. The van der Waals surface area contributed by atoms with Gasteiger partial charge in [0.05, 0.1) is 12.7 Å². The van der Waals surface area contributed by atoms with Gasteiger partial charge in [-0.1, -0.05) is 17.3 Å². The van der Waals surface area contributed by atoms with E-state index in [2.05, 4.69) is 14.7 Å². The summed E-state index contributed by atoms with van der Waals surface area (Å²) < 4.78 is 9.83. The number of nitrogen functional groups attached to an aromatic ring is 1. The molecule has 0 aliphatic heterocycles. The van der Waals surface area contributed by atoms with Gasteiger partial charge in [0.1, 0.15) is 5.75 Å². The van der Waals surface area contributed by atoms with Crippen molar-refractivity contribution in [2.45, 2.75) is 0 Å². The van der Waals surface area contributed by atoms with Crippen LogP contribution in [0.5, 0.6) is 5.75 Å². The molecule has 1 heterocycles. The molecule has 0 saturated carbocycles. The number of para-hydroxylation sites is 1. The maximum Gasteiger partial charge on any atom is 0.319 e. The van der Waals surface area contributed by atoms with Gasteiger partial charge in [-0.2, -0.15) is 4.98 Å². The Hall–Kier alpha value is -2.04. The zero-order valence-corrected chi connectivity index (χ0v) is 7.60. The molecule has 5 heteroatoms. The summed E-state index contributed by atoms with van der Waals surface area (Å²) in [6, 6.07) is 7.44. The van der Waals surface area contributed by atoms with Crippen molar-refractivity contribution in [2.24, 2.45) is 0 Å². The van der Waals surface area contributed by atoms with Gasteiger partial charge in [0.2, 0.25) is 5.82 Å². The summed E-state index contributed by atoms with van der Waals surface area (Å²) in [5.41, 5.74) is 6.09. The monoisotopic (exact) mass is 191 g/mol. The molecular formula is C9H9N3O2. The van der Waals surface area contributed by atoms with Crippen molar-refractivity contribution in [3.05, 3.63) is 24.3 Å². The van der Waals surface area contributed by atoms with E-state index in [0.717, 1.165) is 5.56 Å². The highest BCUT2D eigenvalue weighted by Gasteiger charge is 2.10. The Labute approximate surface area is 80.5 Å². The van der Waals surface area contributed by atoms with Crippen molar-refractivity contribution in [1.82, 2.24) is 10.1 Å². The van der Waals surface area contributed by atoms with E-state index >= 15 is 0 Å². The van der Waals surface area contributed by atoms with E-state index < -0.39 is 0 Å². The summed E-state index contributed by atoms with van der Waals surface area (Å²) in [6.45, 7) is 0. The molecule has 0 fully saturated rings. The van der Waals surface area contributed by atoms with E-state index in [9.17, 15) is 0 Å². The fourth-order valence-corrected chi connectivity index (χ4v) is 1.17. The van der Waals surface area contributed by atoms with Gasteiger partial charge in [-0.3, -0.25) is 0 Å². The van der Waals surface area contributed by atoms with Gasteiger partial charge < -0.3 is 15.0 Å².